The minimum Gasteiger partial charge on any atom is -0.339 e. The molecule has 6 aromatic carbocycles. The average molecular weight is 1030 g/mol. The molecule has 0 bridgehead atoms. The molecule has 2 amide bonds. The molecular weight excluding hydrogens is 998 g/mol. The van der Waals surface area contributed by atoms with Gasteiger partial charge in [-0.05, 0) is 103 Å². The zero-order valence-corrected chi connectivity index (χ0v) is 39.7. The number of pyridine rings is 1. The number of fused-ring (bicyclic) bond motifs is 1. The molecule has 8 rings (SSSR count). The number of hydrogen-bond acceptors (Lipinski definition) is 15. The van der Waals surface area contributed by atoms with Gasteiger partial charge in [-0.2, -0.15) is 27.4 Å². The first-order valence-corrected chi connectivity index (χ1v) is 24.6. The van der Waals surface area contributed by atoms with Crippen molar-refractivity contribution in [3.63, 3.8) is 0 Å². The number of anilines is 6. The molecule has 18 nitrogen and oxygen atoms in total. The standard InChI is InChI=1S/C47H31Cl2N11O7S3/c1-26-36(24-50)43(53-33-20-21-38(49)40(23-33)70(65,66)67)56-44(52-31-18-13-29(48)14-19-31)42(26)58-59-45-37(25-51)41(28-11-15-32(16-12-28)55-47(61)54-30-7-3-2-4-8-30)46(68-45)60-57-34-17-10-27-6-5-9-39(35(27)22-34)69(62,63)64/h2-23H,1H3,(H2,52,53,56)(H2,54,55,61)(H,62,63,64)(H,65,66,67). The Balaban J connectivity index is 1.23. The molecule has 6 N–H and O–H groups in total. The smallest absolute Gasteiger partial charge is 0.323 e. The number of amides is 2. The summed E-state index contributed by atoms with van der Waals surface area (Å²) in [6.07, 6.45) is 0. The number of aromatic nitrogens is 1. The zero-order chi connectivity index (χ0) is 49.7. The van der Waals surface area contributed by atoms with Gasteiger partial charge in [-0.15, -0.1) is 20.5 Å². The third kappa shape index (κ3) is 10.9. The number of thiophene rings is 1. The van der Waals surface area contributed by atoms with Gasteiger partial charge in [-0.1, -0.05) is 83.1 Å². The lowest BCUT2D eigenvalue weighted by atomic mass is 10.0. The first kappa shape index (κ1) is 48.3. The predicted molar refractivity (Wildman–Crippen MR) is 269 cm³/mol. The molecule has 0 aliphatic heterocycles. The van der Waals surface area contributed by atoms with Gasteiger partial charge in [0.1, 0.15) is 38.2 Å². The van der Waals surface area contributed by atoms with Crippen LogP contribution in [0, 0.1) is 29.6 Å². The van der Waals surface area contributed by atoms with E-state index in [0.717, 1.165) is 17.4 Å². The van der Waals surface area contributed by atoms with Crippen LogP contribution in [-0.2, 0) is 20.2 Å². The number of urea groups is 1. The van der Waals surface area contributed by atoms with Gasteiger partial charge >= 0.3 is 6.03 Å². The van der Waals surface area contributed by atoms with Crippen LogP contribution in [0.5, 0.6) is 0 Å². The van der Waals surface area contributed by atoms with Crippen LogP contribution >= 0.6 is 34.5 Å². The number of nitriles is 2. The number of carbonyl (C=O) groups excluding carboxylic acids is 1. The summed E-state index contributed by atoms with van der Waals surface area (Å²) >= 11 is 13.1. The largest absolute Gasteiger partial charge is 0.339 e. The van der Waals surface area contributed by atoms with Gasteiger partial charge in [-0.3, -0.25) is 9.11 Å². The molecule has 0 atom stereocenters. The predicted octanol–water partition coefficient (Wildman–Crippen LogP) is 13.8. The van der Waals surface area contributed by atoms with E-state index in [9.17, 15) is 41.3 Å². The second kappa shape index (κ2) is 20.2. The third-order valence-corrected chi connectivity index (χ3v) is 13.6. The molecule has 0 saturated heterocycles. The molecule has 23 heteroatoms. The van der Waals surface area contributed by atoms with Gasteiger partial charge < -0.3 is 21.3 Å². The number of carbonyl (C=O) groups is 1. The maximum Gasteiger partial charge on any atom is 0.323 e. The SMILES string of the molecule is Cc1c(C#N)c(Nc2ccc(Cl)c(S(=O)(=O)O)c2)nc(Nc2ccc(Cl)cc2)c1N=Nc1sc(N=Nc2ccc3cccc(S(=O)(=O)O)c3c2)c(-c2ccc(NC(=O)Nc3ccccc3)cc2)c1C#N. The van der Waals surface area contributed by atoms with Gasteiger partial charge in [0.25, 0.3) is 20.2 Å². The van der Waals surface area contributed by atoms with Gasteiger partial charge in [0.2, 0.25) is 0 Å². The Kier molecular flexibility index (Phi) is 14.0. The van der Waals surface area contributed by atoms with Crippen molar-refractivity contribution >= 4 is 127 Å². The van der Waals surface area contributed by atoms with E-state index in [1.807, 2.05) is 6.07 Å². The summed E-state index contributed by atoms with van der Waals surface area (Å²) in [5, 5.41) is 51.9. The molecule has 2 heterocycles. The molecule has 70 heavy (non-hydrogen) atoms. The van der Waals surface area contributed by atoms with Crippen LogP contribution in [0.15, 0.2) is 164 Å². The molecule has 8 aromatic rings. The molecule has 0 aliphatic rings. The average Bonchev–Trinajstić information content (AvgIpc) is 3.68. The van der Waals surface area contributed by atoms with E-state index in [0.29, 0.717) is 33.0 Å². The number of hydrogen-bond donors (Lipinski definition) is 6. The first-order chi connectivity index (χ1) is 33.5. The molecule has 2 aromatic heterocycles. The van der Waals surface area contributed by atoms with Gasteiger partial charge in [0.05, 0.1) is 16.3 Å². The fourth-order valence-corrected chi connectivity index (χ4v) is 9.64. The molecule has 0 saturated carbocycles. The summed E-state index contributed by atoms with van der Waals surface area (Å²) < 4.78 is 68.2. The summed E-state index contributed by atoms with van der Waals surface area (Å²) in [5.74, 6) is 0.0231. The Hall–Kier alpha value is -8.12. The van der Waals surface area contributed by atoms with Crippen molar-refractivity contribution in [1.29, 1.82) is 10.5 Å². The van der Waals surface area contributed by atoms with Crippen LogP contribution in [-0.4, -0.2) is 37.0 Å². The van der Waals surface area contributed by atoms with Crippen LogP contribution in [0.25, 0.3) is 21.9 Å². The Morgan fingerprint density at radius 3 is 1.94 bits per heavy atom. The summed E-state index contributed by atoms with van der Waals surface area (Å²) in [6.45, 7) is 1.58. The lowest BCUT2D eigenvalue weighted by molar-refractivity contribution is 0.262. The highest BCUT2D eigenvalue weighted by atomic mass is 35.5. The maximum atomic E-state index is 12.8. The fourth-order valence-electron chi connectivity index (χ4n) is 6.89. The molecule has 348 valence electrons. The van der Waals surface area contributed by atoms with Crippen molar-refractivity contribution in [3.8, 4) is 23.3 Å². The Bertz CT molecular complexity index is 3750. The minimum absolute atomic E-state index is 0.0198. The second-order valence-corrected chi connectivity index (χ2v) is 19.4. The Morgan fingerprint density at radius 2 is 1.27 bits per heavy atom. The van der Waals surface area contributed by atoms with Crippen LogP contribution in [0.2, 0.25) is 10.0 Å². The van der Waals surface area contributed by atoms with E-state index in [4.69, 9.17) is 23.2 Å². The van der Waals surface area contributed by atoms with Gasteiger partial charge in [-0.25, -0.2) is 9.78 Å². The van der Waals surface area contributed by atoms with E-state index in [1.54, 1.807) is 97.9 Å². The first-order valence-electron chi connectivity index (χ1n) is 20.1. The van der Waals surface area contributed by atoms with E-state index in [-0.39, 0.29) is 76.3 Å². The van der Waals surface area contributed by atoms with Crippen molar-refractivity contribution in [1.82, 2.24) is 4.98 Å². The highest BCUT2D eigenvalue weighted by Crippen LogP contribution is 2.49. The zero-order valence-electron chi connectivity index (χ0n) is 35.7. The van der Waals surface area contributed by atoms with E-state index in [1.165, 1.54) is 30.3 Å². The Morgan fingerprint density at radius 1 is 0.643 bits per heavy atom. The second-order valence-electron chi connectivity index (χ2n) is 14.8. The van der Waals surface area contributed by atoms with Crippen molar-refractivity contribution < 1.29 is 30.7 Å². The van der Waals surface area contributed by atoms with E-state index in [2.05, 4.69) is 58.8 Å². The van der Waals surface area contributed by atoms with E-state index >= 15 is 0 Å². The van der Waals surface area contributed by atoms with Crippen molar-refractivity contribution in [3.05, 3.63) is 160 Å². The molecule has 0 unspecified atom stereocenters. The normalized spacial score (nSPS) is 11.6. The Labute approximate surface area is 413 Å². The minimum atomic E-state index is -4.73. The number of rotatable bonds is 13. The number of benzene rings is 6. The van der Waals surface area contributed by atoms with Gasteiger partial charge in [0, 0.05) is 44.3 Å². The molecule has 0 aliphatic carbocycles. The van der Waals surface area contributed by atoms with Crippen molar-refractivity contribution in [2.45, 2.75) is 16.7 Å². The van der Waals surface area contributed by atoms with Crippen molar-refractivity contribution in [2.75, 3.05) is 21.3 Å². The monoisotopic (exact) mass is 1030 g/mol. The van der Waals surface area contributed by atoms with Crippen LogP contribution in [0.4, 0.5) is 60.6 Å². The fraction of sp³-hybridized carbons (Fsp3) is 0.0213. The molecular formula is C47H31Cl2N11O7S3. The summed E-state index contributed by atoms with van der Waals surface area (Å²) in [5.41, 5.74) is 2.86. The third-order valence-electron chi connectivity index (χ3n) is 10.2. The topological polar surface area (TPSA) is 284 Å². The van der Waals surface area contributed by atoms with Crippen molar-refractivity contribution in [2.24, 2.45) is 20.5 Å². The molecule has 0 radical (unpaired) electrons. The van der Waals surface area contributed by atoms with Gasteiger partial charge in [0.15, 0.2) is 16.6 Å². The number of halogens is 2. The summed E-state index contributed by atoms with van der Waals surface area (Å²) in [4.78, 5) is 16.5. The summed E-state index contributed by atoms with van der Waals surface area (Å²) in [6, 6.07) is 38.6. The number of nitrogens with one attached hydrogen (secondary N) is 4. The lowest BCUT2D eigenvalue weighted by Gasteiger charge is -2.16. The highest BCUT2D eigenvalue weighted by molar-refractivity contribution is 7.86. The number of para-hydroxylation sites is 1. The number of azo groups is 2. The quantitative estimate of drug-likeness (QED) is 0.0464. The molecule has 0 spiro atoms. The van der Waals surface area contributed by atoms with Crippen LogP contribution in [0.1, 0.15) is 16.7 Å². The van der Waals surface area contributed by atoms with Crippen LogP contribution < -0.4 is 21.3 Å². The van der Waals surface area contributed by atoms with E-state index < -0.39 is 31.2 Å². The maximum absolute atomic E-state index is 12.8. The molecule has 0 fully saturated rings. The number of nitrogens with zero attached hydrogens (tertiary/aromatic N) is 7. The highest BCUT2D eigenvalue weighted by Gasteiger charge is 2.24. The summed E-state index contributed by atoms with van der Waals surface area (Å²) in [7, 11) is -9.33. The van der Waals surface area contributed by atoms with Crippen LogP contribution in [0.3, 0.4) is 0 Å². The lowest BCUT2D eigenvalue weighted by Crippen LogP contribution is -2.19.